The van der Waals surface area contributed by atoms with Gasteiger partial charge in [0.05, 0.1) is 18.2 Å². The highest BCUT2D eigenvalue weighted by Gasteiger charge is 2.08. The van der Waals surface area contributed by atoms with Gasteiger partial charge in [-0.3, -0.25) is 0 Å². The second-order valence-electron chi connectivity index (χ2n) is 1.61. The van der Waals surface area contributed by atoms with E-state index in [1.165, 1.54) is 24.9 Å². The van der Waals surface area contributed by atoms with Crippen LogP contribution < -0.4 is 4.74 Å². The minimum absolute atomic E-state index is 0.505. The van der Waals surface area contributed by atoms with Crippen LogP contribution in [-0.2, 0) is 0 Å². The van der Waals surface area contributed by atoms with E-state index in [1.54, 1.807) is 0 Å². The van der Waals surface area contributed by atoms with Crippen molar-refractivity contribution >= 4 is 33.7 Å². The van der Waals surface area contributed by atoms with Gasteiger partial charge >= 0.3 is 0 Å². The SMILES string of the molecule is COc1nsc(/C=N/O)c1Br. The first-order chi connectivity index (χ1) is 5.29. The monoisotopic (exact) mass is 236 g/mol. The maximum absolute atomic E-state index is 8.21. The van der Waals surface area contributed by atoms with Crippen LogP contribution in [0.3, 0.4) is 0 Å². The molecule has 1 aromatic heterocycles. The highest BCUT2D eigenvalue weighted by Crippen LogP contribution is 2.29. The van der Waals surface area contributed by atoms with Crippen LogP contribution in [0, 0.1) is 0 Å². The molecule has 60 valence electrons. The molecule has 0 radical (unpaired) electrons. The maximum Gasteiger partial charge on any atom is 0.240 e. The molecule has 0 aliphatic rings. The standard InChI is InChI=1S/C5H5BrN2O2S/c1-10-5-4(6)3(2-7-9)11-8-5/h2,9H,1H3/b7-2+. The molecule has 0 atom stereocenters. The number of aromatic nitrogens is 1. The lowest BCUT2D eigenvalue weighted by Gasteiger charge is -1.91. The number of halogens is 1. The van der Waals surface area contributed by atoms with Crippen molar-refractivity contribution in [2.45, 2.75) is 0 Å². The molecule has 11 heavy (non-hydrogen) atoms. The van der Waals surface area contributed by atoms with E-state index >= 15 is 0 Å². The highest BCUT2D eigenvalue weighted by atomic mass is 79.9. The fraction of sp³-hybridized carbons (Fsp3) is 0.200. The van der Waals surface area contributed by atoms with Gasteiger partial charge in [-0.25, -0.2) is 0 Å². The number of hydrogen-bond donors (Lipinski definition) is 1. The Morgan fingerprint density at radius 1 is 1.82 bits per heavy atom. The summed E-state index contributed by atoms with van der Waals surface area (Å²) in [5, 5.41) is 11.1. The average Bonchev–Trinajstić information content (AvgIpc) is 2.34. The molecule has 0 aliphatic carbocycles. The minimum atomic E-state index is 0.505. The van der Waals surface area contributed by atoms with Gasteiger partial charge in [-0.2, -0.15) is 4.37 Å². The topological polar surface area (TPSA) is 54.7 Å². The zero-order valence-corrected chi connectivity index (χ0v) is 8.02. The summed E-state index contributed by atoms with van der Waals surface area (Å²) >= 11 is 4.43. The summed E-state index contributed by atoms with van der Waals surface area (Å²) in [6.45, 7) is 0. The van der Waals surface area contributed by atoms with E-state index in [0.29, 0.717) is 10.4 Å². The Balaban J connectivity index is 3.00. The molecule has 0 fully saturated rings. The van der Waals surface area contributed by atoms with E-state index in [9.17, 15) is 0 Å². The van der Waals surface area contributed by atoms with Crippen molar-refractivity contribution in [3.63, 3.8) is 0 Å². The predicted octanol–water partition coefficient (Wildman–Crippen LogP) is 1.72. The lowest BCUT2D eigenvalue weighted by Crippen LogP contribution is -1.82. The minimum Gasteiger partial charge on any atom is -0.480 e. The Bertz CT molecular complexity index is 273. The summed E-state index contributed by atoms with van der Waals surface area (Å²) in [7, 11) is 1.53. The van der Waals surface area contributed by atoms with Crippen LogP contribution in [0.2, 0.25) is 0 Å². The summed E-state index contributed by atoms with van der Waals surface area (Å²) in [4.78, 5) is 0.726. The lowest BCUT2D eigenvalue weighted by molar-refractivity contribution is 0.322. The van der Waals surface area contributed by atoms with Crippen molar-refractivity contribution in [3.05, 3.63) is 9.35 Å². The fourth-order valence-corrected chi connectivity index (χ4v) is 1.83. The van der Waals surface area contributed by atoms with Gasteiger partial charge in [0.2, 0.25) is 5.88 Å². The third-order valence-corrected chi connectivity index (χ3v) is 2.79. The van der Waals surface area contributed by atoms with Crippen LogP contribution in [0.5, 0.6) is 5.88 Å². The average molecular weight is 237 g/mol. The summed E-state index contributed by atoms with van der Waals surface area (Å²) < 4.78 is 9.52. The Morgan fingerprint density at radius 3 is 3.00 bits per heavy atom. The molecule has 0 saturated heterocycles. The first-order valence-corrected chi connectivity index (χ1v) is 4.22. The van der Waals surface area contributed by atoms with Gasteiger partial charge < -0.3 is 9.94 Å². The van der Waals surface area contributed by atoms with Gasteiger partial charge in [0, 0.05) is 0 Å². The Kier molecular flexibility index (Phi) is 2.84. The van der Waals surface area contributed by atoms with Crippen LogP contribution >= 0.6 is 27.5 Å². The molecular formula is C5H5BrN2O2S. The van der Waals surface area contributed by atoms with Crippen molar-refractivity contribution in [1.82, 2.24) is 4.37 Å². The molecule has 0 bridgehead atoms. The number of ether oxygens (including phenoxy) is 1. The van der Waals surface area contributed by atoms with Crippen molar-refractivity contribution in [3.8, 4) is 5.88 Å². The van der Waals surface area contributed by atoms with Crippen molar-refractivity contribution in [2.24, 2.45) is 5.16 Å². The van der Waals surface area contributed by atoms with E-state index in [2.05, 4.69) is 25.5 Å². The third kappa shape index (κ3) is 1.69. The lowest BCUT2D eigenvalue weighted by atomic mass is 10.5. The van der Waals surface area contributed by atoms with Crippen molar-refractivity contribution in [2.75, 3.05) is 7.11 Å². The first kappa shape index (κ1) is 8.48. The molecule has 0 aliphatic heterocycles. The Morgan fingerprint density at radius 2 is 2.55 bits per heavy atom. The number of hydrogen-bond acceptors (Lipinski definition) is 5. The normalized spacial score (nSPS) is 10.7. The number of methoxy groups -OCH3 is 1. The Hall–Kier alpha value is -0.620. The number of oxime groups is 1. The van der Waals surface area contributed by atoms with Gasteiger partial charge in [0.15, 0.2) is 0 Å². The first-order valence-electron chi connectivity index (χ1n) is 2.66. The predicted molar refractivity (Wildman–Crippen MR) is 45.7 cm³/mol. The van der Waals surface area contributed by atoms with Crippen LogP contribution in [0.15, 0.2) is 9.63 Å². The fourth-order valence-electron chi connectivity index (χ4n) is 0.536. The van der Waals surface area contributed by atoms with Gasteiger partial charge in [-0.1, -0.05) is 5.16 Å². The van der Waals surface area contributed by atoms with Crippen LogP contribution in [0.1, 0.15) is 4.88 Å². The summed E-state index contributed by atoms with van der Waals surface area (Å²) in [6, 6.07) is 0. The van der Waals surface area contributed by atoms with E-state index in [0.717, 1.165) is 4.88 Å². The second-order valence-corrected chi connectivity index (χ2v) is 3.21. The third-order valence-electron chi connectivity index (χ3n) is 0.999. The highest BCUT2D eigenvalue weighted by molar-refractivity contribution is 9.10. The summed E-state index contributed by atoms with van der Waals surface area (Å²) in [6.07, 6.45) is 1.30. The molecule has 1 rings (SSSR count). The number of nitrogens with zero attached hydrogens (tertiary/aromatic N) is 2. The van der Waals surface area contributed by atoms with Crippen molar-refractivity contribution in [1.29, 1.82) is 0 Å². The largest absolute Gasteiger partial charge is 0.480 e. The molecule has 4 nitrogen and oxygen atoms in total. The smallest absolute Gasteiger partial charge is 0.240 e. The molecular weight excluding hydrogens is 232 g/mol. The molecule has 1 N–H and O–H groups in total. The molecule has 6 heteroatoms. The summed E-state index contributed by atoms with van der Waals surface area (Å²) in [5.74, 6) is 0.505. The van der Waals surface area contributed by atoms with Gasteiger partial charge in [0.1, 0.15) is 4.47 Å². The quantitative estimate of drug-likeness (QED) is 0.484. The zero-order chi connectivity index (χ0) is 8.27. The van der Waals surface area contributed by atoms with Crippen LogP contribution in [-0.4, -0.2) is 22.9 Å². The molecule has 0 amide bonds. The van der Waals surface area contributed by atoms with Gasteiger partial charge in [-0.15, -0.1) is 0 Å². The van der Waals surface area contributed by atoms with E-state index in [-0.39, 0.29) is 0 Å². The van der Waals surface area contributed by atoms with E-state index in [4.69, 9.17) is 9.94 Å². The molecule has 0 unspecified atom stereocenters. The van der Waals surface area contributed by atoms with Gasteiger partial charge in [-0.05, 0) is 27.5 Å². The van der Waals surface area contributed by atoms with E-state index < -0.39 is 0 Å². The molecule has 0 aromatic carbocycles. The zero-order valence-electron chi connectivity index (χ0n) is 5.61. The summed E-state index contributed by atoms with van der Waals surface area (Å²) in [5.41, 5.74) is 0. The molecule has 0 saturated carbocycles. The van der Waals surface area contributed by atoms with Crippen LogP contribution in [0.4, 0.5) is 0 Å². The molecule has 0 spiro atoms. The second kappa shape index (κ2) is 3.68. The van der Waals surface area contributed by atoms with E-state index in [1.807, 2.05) is 0 Å². The number of rotatable bonds is 2. The van der Waals surface area contributed by atoms with Crippen LogP contribution in [0.25, 0.3) is 0 Å². The maximum atomic E-state index is 8.21. The molecule has 1 aromatic rings. The van der Waals surface area contributed by atoms with Gasteiger partial charge in [0.25, 0.3) is 0 Å². The molecule has 1 heterocycles. The Labute approximate surface area is 75.8 Å². The van der Waals surface area contributed by atoms with Crippen molar-refractivity contribution < 1.29 is 9.94 Å².